The molecule has 4 aromatic rings. The monoisotopic (exact) mass is 535 g/mol. The molecule has 0 saturated heterocycles. The van der Waals surface area contributed by atoms with Crippen LogP contribution in [0, 0.1) is 5.82 Å². The summed E-state index contributed by atoms with van der Waals surface area (Å²) in [6.07, 6.45) is 0. The van der Waals surface area contributed by atoms with E-state index in [4.69, 9.17) is 14.2 Å². The number of rotatable bonds is 10. The first kappa shape index (κ1) is 26.7. The van der Waals surface area contributed by atoms with Crippen LogP contribution in [-0.4, -0.2) is 53.5 Å². The molecule has 11 heteroatoms. The number of carbonyl (C=O) groups is 1. The van der Waals surface area contributed by atoms with E-state index < -0.39 is 0 Å². The molecule has 0 aliphatic rings. The fourth-order valence-electron chi connectivity index (χ4n) is 3.63. The van der Waals surface area contributed by atoms with Gasteiger partial charge in [0, 0.05) is 11.3 Å². The van der Waals surface area contributed by atoms with Gasteiger partial charge in [0.05, 0.1) is 32.8 Å². The van der Waals surface area contributed by atoms with E-state index in [-0.39, 0.29) is 17.5 Å². The molecule has 38 heavy (non-hydrogen) atoms. The predicted octanol–water partition coefficient (Wildman–Crippen LogP) is 4.73. The van der Waals surface area contributed by atoms with Gasteiger partial charge in [-0.1, -0.05) is 42.1 Å². The maximum atomic E-state index is 13.2. The first-order chi connectivity index (χ1) is 18.4. The topological polar surface area (TPSA) is 99.9 Å². The van der Waals surface area contributed by atoms with E-state index in [9.17, 15) is 9.18 Å². The summed E-state index contributed by atoms with van der Waals surface area (Å²) in [6, 6.07) is 19.0. The number of thioether (sulfide) groups is 1. The third kappa shape index (κ3) is 5.94. The largest absolute Gasteiger partial charge is 0.493 e. The van der Waals surface area contributed by atoms with E-state index in [1.54, 1.807) is 45.4 Å². The Hall–Kier alpha value is -4.38. The number of ether oxygens (including phenoxy) is 3. The van der Waals surface area contributed by atoms with Crippen LogP contribution < -0.4 is 19.6 Å². The molecule has 1 aromatic heterocycles. The summed E-state index contributed by atoms with van der Waals surface area (Å²) in [5, 5.41) is 13.4. The lowest BCUT2D eigenvalue weighted by molar-refractivity contribution is -0.118. The number of nitrogens with one attached hydrogen (secondary N) is 1. The maximum Gasteiger partial charge on any atom is 0.250 e. The van der Waals surface area contributed by atoms with Gasteiger partial charge >= 0.3 is 0 Å². The summed E-state index contributed by atoms with van der Waals surface area (Å²) in [6.45, 7) is 1.73. The average Bonchev–Trinajstić information content (AvgIpc) is 3.38. The molecular formula is C27H26FN5O4S. The fourth-order valence-corrected chi connectivity index (χ4v) is 4.38. The van der Waals surface area contributed by atoms with E-state index in [0.717, 1.165) is 5.69 Å². The van der Waals surface area contributed by atoms with Crippen molar-refractivity contribution in [2.45, 2.75) is 12.1 Å². The Morgan fingerprint density at radius 2 is 1.63 bits per heavy atom. The highest BCUT2D eigenvalue weighted by atomic mass is 32.2. The molecule has 0 aliphatic heterocycles. The first-order valence-electron chi connectivity index (χ1n) is 11.5. The van der Waals surface area contributed by atoms with Gasteiger partial charge in [-0.3, -0.25) is 9.36 Å². The highest BCUT2D eigenvalue weighted by Gasteiger charge is 2.21. The van der Waals surface area contributed by atoms with Crippen LogP contribution in [0.25, 0.3) is 17.1 Å². The van der Waals surface area contributed by atoms with Gasteiger partial charge in [-0.25, -0.2) is 9.82 Å². The number of benzene rings is 3. The smallest absolute Gasteiger partial charge is 0.250 e. The summed E-state index contributed by atoms with van der Waals surface area (Å²) in [5.41, 5.74) is 5.30. The second-order valence-electron chi connectivity index (χ2n) is 7.92. The minimum atomic E-state index is -0.338. The zero-order valence-electron chi connectivity index (χ0n) is 21.3. The van der Waals surface area contributed by atoms with Crippen molar-refractivity contribution >= 4 is 23.4 Å². The molecule has 0 aliphatic carbocycles. The molecule has 196 valence electrons. The van der Waals surface area contributed by atoms with Gasteiger partial charge < -0.3 is 14.2 Å². The lowest BCUT2D eigenvalue weighted by Crippen LogP contribution is -2.21. The van der Waals surface area contributed by atoms with Crippen LogP contribution in [0.2, 0.25) is 0 Å². The van der Waals surface area contributed by atoms with Gasteiger partial charge in [0.25, 0.3) is 5.91 Å². The van der Waals surface area contributed by atoms with Crippen LogP contribution in [0.1, 0.15) is 12.5 Å². The Morgan fingerprint density at radius 1 is 0.974 bits per heavy atom. The number of halogens is 1. The van der Waals surface area contributed by atoms with Gasteiger partial charge in [0.2, 0.25) is 5.75 Å². The third-order valence-corrected chi connectivity index (χ3v) is 6.44. The summed E-state index contributed by atoms with van der Waals surface area (Å²) in [7, 11) is 4.63. The molecule has 1 N–H and O–H groups in total. The molecule has 3 aromatic carbocycles. The predicted molar refractivity (Wildman–Crippen MR) is 144 cm³/mol. The number of para-hydroxylation sites is 1. The van der Waals surface area contributed by atoms with Crippen molar-refractivity contribution in [2.75, 3.05) is 27.1 Å². The highest BCUT2D eigenvalue weighted by Crippen LogP contribution is 2.41. The first-order valence-corrected chi connectivity index (χ1v) is 12.5. The van der Waals surface area contributed by atoms with E-state index in [0.29, 0.717) is 45.1 Å². The van der Waals surface area contributed by atoms with Gasteiger partial charge in [0.1, 0.15) is 5.82 Å². The van der Waals surface area contributed by atoms with Gasteiger partial charge in [-0.15, -0.1) is 10.2 Å². The number of nitrogens with zero attached hydrogens (tertiary/aromatic N) is 4. The lowest BCUT2D eigenvalue weighted by Gasteiger charge is -2.15. The Balaban J connectivity index is 1.60. The normalized spacial score (nSPS) is 11.2. The summed E-state index contributed by atoms with van der Waals surface area (Å²) >= 11 is 1.21. The summed E-state index contributed by atoms with van der Waals surface area (Å²) < 4.78 is 31.5. The summed E-state index contributed by atoms with van der Waals surface area (Å²) in [4.78, 5) is 12.6. The van der Waals surface area contributed by atoms with Crippen LogP contribution in [-0.2, 0) is 4.79 Å². The molecule has 0 unspecified atom stereocenters. The lowest BCUT2D eigenvalue weighted by atomic mass is 10.1. The molecule has 0 bridgehead atoms. The Bertz CT molecular complexity index is 1420. The van der Waals surface area contributed by atoms with Crippen molar-refractivity contribution < 1.29 is 23.4 Å². The van der Waals surface area contributed by atoms with Crippen molar-refractivity contribution in [3.8, 4) is 34.3 Å². The van der Waals surface area contributed by atoms with Crippen LogP contribution >= 0.6 is 11.8 Å². The number of hydrogen-bond donors (Lipinski definition) is 1. The molecule has 0 spiro atoms. The van der Waals surface area contributed by atoms with Gasteiger partial charge in [-0.2, -0.15) is 5.10 Å². The summed E-state index contributed by atoms with van der Waals surface area (Å²) in [5.74, 6) is 1.33. The van der Waals surface area contributed by atoms with Gasteiger partial charge in [-0.05, 0) is 48.9 Å². The van der Waals surface area contributed by atoms with Crippen molar-refractivity contribution in [3.05, 3.63) is 78.1 Å². The molecule has 0 radical (unpaired) electrons. The van der Waals surface area contributed by atoms with E-state index >= 15 is 0 Å². The third-order valence-electron chi connectivity index (χ3n) is 5.51. The van der Waals surface area contributed by atoms with Crippen LogP contribution in [0.15, 0.2) is 77.0 Å². The second kappa shape index (κ2) is 12.2. The van der Waals surface area contributed by atoms with E-state index in [1.807, 2.05) is 34.9 Å². The molecule has 4 rings (SSSR count). The Morgan fingerprint density at radius 3 is 2.24 bits per heavy atom. The quantitative estimate of drug-likeness (QED) is 0.178. The second-order valence-corrected chi connectivity index (χ2v) is 8.86. The van der Waals surface area contributed by atoms with Crippen LogP contribution in [0.5, 0.6) is 17.2 Å². The number of hydrogen-bond acceptors (Lipinski definition) is 8. The van der Waals surface area contributed by atoms with E-state index in [2.05, 4.69) is 20.7 Å². The van der Waals surface area contributed by atoms with Crippen molar-refractivity contribution in [1.82, 2.24) is 20.2 Å². The zero-order valence-corrected chi connectivity index (χ0v) is 22.1. The standard InChI is InChI=1S/C27H26FN5O4S/c1-17(18-10-12-20(28)13-11-18)29-30-24(34)16-38-27-32-31-26(33(27)21-8-6-5-7-9-21)19-14-22(35-2)25(37-4)23(15-19)36-3/h5-15H,16H2,1-4H3,(H,30,34). The van der Waals surface area contributed by atoms with Crippen molar-refractivity contribution in [1.29, 1.82) is 0 Å². The molecule has 9 nitrogen and oxygen atoms in total. The molecule has 0 saturated carbocycles. The Labute approximate surface area is 223 Å². The number of amides is 1. The number of hydrazone groups is 1. The number of aromatic nitrogens is 3. The zero-order chi connectivity index (χ0) is 27.1. The molecule has 1 heterocycles. The molecule has 0 fully saturated rings. The fraction of sp³-hybridized carbons (Fsp3) is 0.185. The highest BCUT2D eigenvalue weighted by molar-refractivity contribution is 7.99. The van der Waals surface area contributed by atoms with Crippen LogP contribution in [0.4, 0.5) is 4.39 Å². The number of methoxy groups -OCH3 is 3. The SMILES string of the molecule is COc1cc(-c2nnc(SCC(=O)NN=C(C)c3ccc(F)cc3)n2-c2ccccc2)cc(OC)c1OC. The minimum Gasteiger partial charge on any atom is -0.493 e. The minimum absolute atomic E-state index is 0.0421. The Kier molecular flexibility index (Phi) is 8.59. The van der Waals surface area contributed by atoms with Gasteiger partial charge in [0.15, 0.2) is 22.5 Å². The van der Waals surface area contributed by atoms with Crippen LogP contribution in [0.3, 0.4) is 0 Å². The molecular weight excluding hydrogens is 509 g/mol. The van der Waals surface area contributed by atoms with Crippen molar-refractivity contribution in [3.63, 3.8) is 0 Å². The average molecular weight is 536 g/mol. The molecule has 0 atom stereocenters. The van der Waals surface area contributed by atoms with Crippen molar-refractivity contribution in [2.24, 2.45) is 5.10 Å². The van der Waals surface area contributed by atoms with E-state index in [1.165, 1.54) is 31.0 Å². The molecule has 1 amide bonds. The maximum absolute atomic E-state index is 13.2. The number of carbonyl (C=O) groups excluding carboxylic acids is 1.